The molecular formula is C32H36N2O7. The summed E-state index contributed by atoms with van der Waals surface area (Å²) in [4.78, 5) is 42.3. The Kier molecular flexibility index (Phi) is 9.49. The van der Waals surface area contributed by atoms with Crippen LogP contribution in [0.3, 0.4) is 0 Å². The predicted molar refractivity (Wildman–Crippen MR) is 152 cm³/mol. The van der Waals surface area contributed by atoms with Crippen molar-refractivity contribution in [2.45, 2.75) is 65.2 Å². The van der Waals surface area contributed by atoms with Crippen molar-refractivity contribution in [1.82, 2.24) is 10.8 Å². The lowest BCUT2D eigenvalue weighted by Gasteiger charge is -2.31. The third-order valence-corrected chi connectivity index (χ3v) is 6.71. The van der Waals surface area contributed by atoms with Crippen molar-refractivity contribution in [2.24, 2.45) is 5.92 Å². The standard InChI is InChI=1S/C32H36N2O7/c1-21-25(29(35)41-34-31(37)40-32(2,3)4)18-17-23-14-10-16-27(28(21)23)39-26-15-9-8-13-24(26)19-33-30(36)38-20-22-11-6-5-7-12-22/h5-16,21,25H,17-20H2,1-4H3,(H,33,36)(H,34,37)/t21?,25-/m1/s1. The highest BCUT2D eigenvalue weighted by Gasteiger charge is 2.35. The Bertz CT molecular complexity index is 1370. The molecule has 1 aliphatic carbocycles. The van der Waals surface area contributed by atoms with E-state index in [-0.39, 0.29) is 19.1 Å². The molecule has 0 heterocycles. The predicted octanol–water partition coefficient (Wildman–Crippen LogP) is 6.55. The Morgan fingerprint density at radius 2 is 1.59 bits per heavy atom. The molecule has 216 valence electrons. The number of amides is 2. The lowest BCUT2D eigenvalue weighted by atomic mass is 9.75. The van der Waals surface area contributed by atoms with E-state index in [1.54, 1.807) is 20.8 Å². The van der Waals surface area contributed by atoms with Gasteiger partial charge in [-0.05, 0) is 62.8 Å². The number of hydroxylamine groups is 1. The third kappa shape index (κ3) is 8.23. The number of rotatable bonds is 7. The lowest BCUT2D eigenvalue weighted by molar-refractivity contribution is -0.156. The second kappa shape index (κ2) is 13.2. The van der Waals surface area contributed by atoms with E-state index in [0.717, 1.165) is 22.3 Å². The van der Waals surface area contributed by atoms with E-state index in [4.69, 9.17) is 19.0 Å². The number of nitrogens with one attached hydrogen (secondary N) is 2. The molecule has 0 radical (unpaired) electrons. The van der Waals surface area contributed by atoms with Crippen LogP contribution in [0.2, 0.25) is 0 Å². The highest BCUT2D eigenvalue weighted by atomic mass is 16.7. The van der Waals surface area contributed by atoms with Crippen LogP contribution in [-0.4, -0.2) is 23.8 Å². The van der Waals surface area contributed by atoms with Gasteiger partial charge < -0.3 is 24.4 Å². The minimum absolute atomic E-state index is 0.176. The first-order valence-corrected chi connectivity index (χ1v) is 13.6. The quantitative estimate of drug-likeness (QED) is 0.249. The zero-order valence-electron chi connectivity index (χ0n) is 23.8. The van der Waals surface area contributed by atoms with Gasteiger partial charge in [0.05, 0.1) is 5.92 Å². The molecule has 0 aliphatic heterocycles. The summed E-state index contributed by atoms with van der Waals surface area (Å²) < 4.78 is 16.8. The van der Waals surface area contributed by atoms with Gasteiger partial charge >= 0.3 is 18.2 Å². The minimum Gasteiger partial charge on any atom is -0.457 e. The molecule has 2 atom stereocenters. The van der Waals surface area contributed by atoms with Crippen LogP contribution in [0.1, 0.15) is 62.3 Å². The van der Waals surface area contributed by atoms with Crippen molar-refractivity contribution in [3.8, 4) is 11.5 Å². The summed E-state index contributed by atoms with van der Waals surface area (Å²) in [5.74, 6) is -0.0681. The van der Waals surface area contributed by atoms with Crippen LogP contribution < -0.4 is 15.5 Å². The van der Waals surface area contributed by atoms with Gasteiger partial charge in [-0.1, -0.05) is 67.6 Å². The van der Waals surface area contributed by atoms with Crippen LogP contribution >= 0.6 is 0 Å². The average molecular weight is 561 g/mol. The average Bonchev–Trinajstić information content (AvgIpc) is 2.94. The van der Waals surface area contributed by atoms with Gasteiger partial charge in [-0.3, -0.25) is 0 Å². The Hall–Kier alpha value is -4.53. The third-order valence-electron chi connectivity index (χ3n) is 6.71. The van der Waals surface area contributed by atoms with E-state index in [1.165, 1.54) is 0 Å². The first-order chi connectivity index (χ1) is 19.6. The fourth-order valence-corrected chi connectivity index (χ4v) is 4.77. The highest BCUT2D eigenvalue weighted by molar-refractivity contribution is 5.77. The van der Waals surface area contributed by atoms with Crippen molar-refractivity contribution >= 4 is 18.2 Å². The van der Waals surface area contributed by atoms with Gasteiger partial charge in [-0.15, -0.1) is 5.48 Å². The van der Waals surface area contributed by atoms with E-state index in [0.29, 0.717) is 24.3 Å². The number of alkyl carbamates (subject to hydrolysis) is 1. The Morgan fingerprint density at radius 1 is 0.878 bits per heavy atom. The Labute approximate surface area is 240 Å². The maximum absolute atomic E-state index is 12.9. The zero-order valence-corrected chi connectivity index (χ0v) is 23.8. The van der Waals surface area contributed by atoms with Gasteiger partial charge in [0.1, 0.15) is 23.7 Å². The summed E-state index contributed by atoms with van der Waals surface area (Å²) >= 11 is 0. The number of para-hydroxylation sites is 1. The van der Waals surface area contributed by atoms with Crippen LogP contribution in [0, 0.1) is 5.92 Å². The van der Waals surface area contributed by atoms with E-state index >= 15 is 0 Å². The summed E-state index contributed by atoms with van der Waals surface area (Å²) in [7, 11) is 0. The van der Waals surface area contributed by atoms with Crippen molar-refractivity contribution in [1.29, 1.82) is 0 Å². The van der Waals surface area contributed by atoms with E-state index in [2.05, 4.69) is 10.8 Å². The number of aryl methyl sites for hydroxylation is 1. The van der Waals surface area contributed by atoms with E-state index in [9.17, 15) is 14.4 Å². The number of hydrogen-bond acceptors (Lipinski definition) is 7. The van der Waals surface area contributed by atoms with E-state index in [1.807, 2.05) is 79.7 Å². The summed E-state index contributed by atoms with van der Waals surface area (Å²) in [6, 6.07) is 22.7. The number of fused-ring (bicyclic) bond motifs is 1. The van der Waals surface area contributed by atoms with Gasteiger partial charge in [0.2, 0.25) is 0 Å². The number of carbonyl (C=O) groups excluding carboxylic acids is 3. The second-order valence-corrected chi connectivity index (χ2v) is 10.9. The molecule has 3 aromatic rings. The summed E-state index contributed by atoms with van der Waals surface area (Å²) in [6.07, 6.45) is -0.138. The fourth-order valence-electron chi connectivity index (χ4n) is 4.77. The summed E-state index contributed by atoms with van der Waals surface area (Å²) in [6.45, 7) is 7.50. The molecule has 3 aromatic carbocycles. The minimum atomic E-state index is -0.826. The molecule has 2 amide bonds. The van der Waals surface area contributed by atoms with Crippen LogP contribution in [0.15, 0.2) is 72.8 Å². The number of benzene rings is 3. The molecule has 1 aliphatic rings. The van der Waals surface area contributed by atoms with Gasteiger partial charge in [0, 0.05) is 17.7 Å². The molecule has 0 spiro atoms. The first kappa shape index (κ1) is 29.5. The monoisotopic (exact) mass is 560 g/mol. The van der Waals surface area contributed by atoms with Gasteiger partial charge in [-0.2, -0.15) is 0 Å². The molecule has 41 heavy (non-hydrogen) atoms. The van der Waals surface area contributed by atoms with Gasteiger partial charge in [0.25, 0.3) is 0 Å². The molecule has 1 unspecified atom stereocenters. The van der Waals surface area contributed by atoms with Crippen molar-refractivity contribution in [2.75, 3.05) is 0 Å². The summed E-state index contributed by atoms with van der Waals surface area (Å²) in [5, 5.41) is 2.78. The molecule has 0 fully saturated rings. The smallest absolute Gasteiger partial charge is 0.441 e. The van der Waals surface area contributed by atoms with Crippen LogP contribution in [0.5, 0.6) is 11.5 Å². The van der Waals surface area contributed by atoms with Crippen molar-refractivity contribution in [3.63, 3.8) is 0 Å². The molecule has 0 saturated heterocycles. The Morgan fingerprint density at radius 3 is 2.34 bits per heavy atom. The topological polar surface area (TPSA) is 112 Å². The second-order valence-electron chi connectivity index (χ2n) is 10.9. The molecule has 0 saturated carbocycles. The molecular weight excluding hydrogens is 524 g/mol. The Balaban J connectivity index is 1.41. The molecule has 0 aromatic heterocycles. The van der Waals surface area contributed by atoms with Crippen LogP contribution in [-0.2, 0) is 38.7 Å². The first-order valence-electron chi connectivity index (χ1n) is 13.6. The maximum Gasteiger partial charge on any atom is 0.441 e. The largest absolute Gasteiger partial charge is 0.457 e. The van der Waals surface area contributed by atoms with Crippen LogP contribution in [0.25, 0.3) is 0 Å². The highest BCUT2D eigenvalue weighted by Crippen LogP contribution is 2.43. The van der Waals surface area contributed by atoms with Crippen molar-refractivity contribution in [3.05, 3.63) is 95.1 Å². The molecule has 9 heteroatoms. The number of hydrogen-bond donors (Lipinski definition) is 2. The van der Waals surface area contributed by atoms with Gasteiger partial charge in [0.15, 0.2) is 0 Å². The molecule has 4 rings (SSSR count). The fraction of sp³-hybridized carbons (Fsp3) is 0.344. The van der Waals surface area contributed by atoms with Gasteiger partial charge in [-0.25, -0.2) is 14.4 Å². The number of carbonyl (C=O) groups is 3. The number of ether oxygens (including phenoxy) is 3. The normalized spacial score (nSPS) is 16.1. The zero-order chi connectivity index (χ0) is 29.4. The maximum atomic E-state index is 12.9. The molecule has 0 bridgehead atoms. The van der Waals surface area contributed by atoms with E-state index < -0.39 is 29.7 Å². The summed E-state index contributed by atoms with van der Waals surface area (Å²) in [5.41, 5.74) is 5.04. The molecule has 2 N–H and O–H groups in total. The van der Waals surface area contributed by atoms with Crippen LogP contribution in [0.4, 0.5) is 9.59 Å². The lowest BCUT2D eigenvalue weighted by Crippen LogP contribution is -2.37. The molecule has 9 nitrogen and oxygen atoms in total. The SMILES string of the molecule is CC1c2c(cccc2Oc2ccccc2CNC(=O)OCc2ccccc2)CC[C@H]1C(=O)ONC(=O)OC(C)(C)C. The van der Waals surface area contributed by atoms with Crippen molar-refractivity contribution < 1.29 is 33.4 Å².